The number of rotatable bonds is 4. The molecule has 1 saturated heterocycles. The Hall–Kier alpha value is -3.54. The van der Waals surface area contributed by atoms with Gasteiger partial charge in [-0.15, -0.1) is 0 Å². The number of aromatic nitrogens is 1. The van der Waals surface area contributed by atoms with Crippen LogP contribution >= 0.6 is 0 Å². The molecule has 6 nitrogen and oxygen atoms in total. The van der Waals surface area contributed by atoms with E-state index in [9.17, 15) is 9.59 Å². The van der Waals surface area contributed by atoms with Gasteiger partial charge in [-0.25, -0.2) is 0 Å². The van der Waals surface area contributed by atoms with Crippen LogP contribution in [-0.2, 0) is 13.1 Å². The number of carbonyl (C=O) groups excluding carboxylic acids is 1. The van der Waals surface area contributed by atoms with Crippen molar-refractivity contribution in [2.24, 2.45) is 5.92 Å². The zero-order valence-electron chi connectivity index (χ0n) is 18.3. The molecule has 2 aliphatic rings. The Bertz CT molecular complexity index is 1200. The number of carbonyl (C=O) groups is 1. The second-order valence-corrected chi connectivity index (χ2v) is 9.02. The quantitative estimate of drug-likeness (QED) is 0.647. The summed E-state index contributed by atoms with van der Waals surface area (Å²) in [4.78, 5) is 29.2. The fraction of sp³-hybridized carbons (Fsp3) is 0.308. The van der Waals surface area contributed by atoms with Crippen molar-refractivity contribution in [2.45, 2.75) is 25.4 Å². The normalized spacial score (nSPS) is 19.3. The number of anilines is 2. The molecule has 164 valence electrons. The van der Waals surface area contributed by atoms with Gasteiger partial charge >= 0.3 is 0 Å². The number of piperidine rings is 1. The third kappa shape index (κ3) is 3.77. The van der Waals surface area contributed by atoms with Crippen LogP contribution in [0.25, 0.3) is 0 Å². The molecular formula is C26H28N4O2. The minimum absolute atomic E-state index is 0.0454. The molecule has 1 aromatic heterocycles. The van der Waals surface area contributed by atoms with E-state index in [4.69, 9.17) is 5.73 Å². The molecule has 1 fully saturated rings. The maximum absolute atomic E-state index is 12.9. The number of pyridine rings is 1. The van der Waals surface area contributed by atoms with E-state index in [0.717, 1.165) is 43.0 Å². The lowest BCUT2D eigenvalue weighted by Gasteiger charge is -2.44. The summed E-state index contributed by atoms with van der Waals surface area (Å²) < 4.78 is 1.93. The molecule has 3 heterocycles. The van der Waals surface area contributed by atoms with Crippen LogP contribution in [-0.4, -0.2) is 35.5 Å². The van der Waals surface area contributed by atoms with Gasteiger partial charge in [-0.1, -0.05) is 36.4 Å². The Kier molecular flexibility index (Phi) is 5.21. The van der Waals surface area contributed by atoms with Crippen molar-refractivity contribution < 1.29 is 4.79 Å². The summed E-state index contributed by atoms with van der Waals surface area (Å²) in [7, 11) is 1.81. The van der Waals surface area contributed by atoms with E-state index in [1.165, 1.54) is 0 Å². The van der Waals surface area contributed by atoms with Gasteiger partial charge in [0.1, 0.15) is 0 Å². The molecule has 2 N–H and O–H groups in total. The number of nitrogen functional groups attached to an aromatic ring is 1. The molecule has 6 heteroatoms. The lowest BCUT2D eigenvalue weighted by molar-refractivity contribution is 0.0785. The maximum Gasteiger partial charge on any atom is 0.253 e. The topological polar surface area (TPSA) is 71.6 Å². The first kappa shape index (κ1) is 20.4. The van der Waals surface area contributed by atoms with Gasteiger partial charge < -0.3 is 20.1 Å². The first-order chi connectivity index (χ1) is 15.5. The summed E-state index contributed by atoms with van der Waals surface area (Å²) in [5.41, 5.74) is 10.9. The van der Waals surface area contributed by atoms with Crippen LogP contribution in [0.3, 0.4) is 0 Å². The van der Waals surface area contributed by atoms with E-state index >= 15 is 0 Å². The molecule has 3 aromatic rings. The molecule has 5 rings (SSSR count). The van der Waals surface area contributed by atoms with Crippen molar-refractivity contribution in [2.75, 3.05) is 30.8 Å². The minimum Gasteiger partial charge on any atom is -0.397 e. The molecule has 0 aliphatic carbocycles. The van der Waals surface area contributed by atoms with Gasteiger partial charge in [-0.05, 0) is 42.2 Å². The zero-order valence-corrected chi connectivity index (χ0v) is 18.3. The highest BCUT2D eigenvalue weighted by molar-refractivity contribution is 5.96. The van der Waals surface area contributed by atoms with Gasteiger partial charge in [-0.3, -0.25) is 9.59 Å². The molecule has 0 radical (unpaired) electrons. The van der Waals surface area contributed by atoms with Crippen molar-refractivity contribution >= 4 is 17.3 Å². The molecule has 2 aromatic carbocycles. The fourth-order valence-corrected chi connectivity index (χ4v) is 5.22. The predicted molar refractivity (Wildman–Crippen MR) is 127 cm³/mol. The Morgan fingerprint density at radius 3 is 2.62 bits per heavy atom. The van der Waals surface area contributed by atoms with Crippen LogP contribution in [0.2, 0.25) is 0 Å². The zero-order chi connectivity index (χ0) is 22.2. The van der Waals surface area contributed by atoms with Crippen molar-refractivity contribution in [3.05, 3.63) is 93.9 Å². The van der Waals surface area contributed by atoms with Crippen molar-refractivity contribution in [3.8, 4) is 0 Å². The van der Waals surface area contributed by atoms with E-state index in [0.29, 0.717) is 29.6 Å². The SMILES string of the molecule is CN(Cc1ccccc1)C(=O)c1ccc(N2CC3CC(C2)c2cccc(=O)n2C3)c(N)c1. The van der Waals surface area contributed by atoms with Gasteiger partial charge in [0.2, 0.25) is 0 Å². The van der Waals surface area contributed by atoms with Gasteiger partial charge in [0.25, 0.3) is 11.5 Å². The molecule has 2 bridgehead atoms. The average Bonchev–Trinajstić information content (AvgIpc) is 2.80. The van der Waals surface area contributed by atoms with Crippen LogP contribution in [0.1, 0.15) is 34.0 Å². The Morgan fingerprint density at radius 1 is 1.03 bits per heavy atom. The summed E-state index contributed by atoms with van der Waals surface area (Å²) in [6, 6.07) is 21.2. The van der Waals surface area contributed by atoms with E-state index in [1.807, 2.05) is 60.1 Å². The lowest BCUT2D eigenvalue weighted by atomic mass is 9.83. The molecule has 2 unspecified atom stereocenters. The number of nitrogens with zero attached hydrogens (tertiary/aromatic N) is 3. The van der Waals surface area contributed by atoms with Gasteiger partial charge in [-0.2, -0.15) is 0 Å². The molecule has 2 atom stereocenters. The van der Waals surface area contributed by atoms with Crippen LogP contribution in [0.4, 0.5) is 11.4 Å². The molecule has 32 heavy (non-hydrogen) atoms. The maximum atomic E-state index is 12.9. The first-order valence-corrected chi connectivity index (χ1v) is 11.1. The summed E-state index contributed by atoms with van der Waals surface area (Å²) in [6.45, 7) is 2.99. The number of fused-ring (bicyclic) bond motifs is 4. The minimum atomic E-state index is -0.0454. The van der Waals surface area contributed by atoms with E-state index in [1.54, 1.807) is 17.0 Å². The number of amides is 1. The summed E-state index contributed by atoms with van der Waals surface area (Å²) in [5.74, 6) is 0.684. The summed E-state index contributed by atoms with van der Waals surface area (Å²) in [6.07, 6.45) is 1.10. The predicted octanol–water partition coefficient (Wildman–Crippen LogP) is 3.33. The van der Waals surface area contributed by atoms with E-state index in [-0.39, 0.29) is 11.5 Å². The fourth-order valence-electron chi connectivity index (χ4n) is 5.22. The number of nitrogens with two attached hydrogens (primary N) is 1. The Labute approximate surface area is 187 Å². The standard InChI is InChI=1S/C26H28N4O2/c1-28(14-18-6-3-2-4-7-18)26(32)20-10-11-24(22(27)13-20)29-15-19-12-21(17-29)23-8-5-9-25(31)30(23)16-19/h2-11,13,19,21H,12,14-17,27H2,1H3. The highest BCUT2D eigenvalue weighted by Crippen LogP contribution is 2.38. The smallest absolute Gasteiger partial charge is 0.253 e. The van der Waals surface area contributed by atoms with Crippen LogP contribution in [0, 0.1) is 5.92 Å². The van der Waals surface area contributed by atoms with Crippen molar-refractivity contribution in [1.29, 1.82) is 0 Å². The van der Waals surface area contributed by atoms with E-state index < -0.39 is 0 Å². The molecule has 2 aliphatic heterocycles. The van der Waals surface area contributed by atoms with Gasteiger partial charge in [0.15, 0.2) is 0 Å². The van der Waals surface area contributed by atoms with Gasteiger partial charge in [0, 0.05) is 56.5 Å². The Balaban J connectivity index is 1.34. The molecule has 0 spiro atoms. The largest absolute Gasteiger partial charge is 0.397 e. The number of benzene rings is 2. The van der Waals surface area contributed by atoms with Crippen LogP contribution in [0.5, 0.6) is 0 Å². The molecule has 1 amide bonds. The molecular weight excluding hydrogens is 400 g/mol. The van der Waals surface area contributed by atoms with Gasteiger partial charge in [0.05, 0.1) is 11.4 Å². The Morgan fingerprint density at radius 2 is 1.84 bits per heavy atom. The summed E-state index contributed by atoms with van der Waals surface area (Å²) in [5, 5.41) is 0. The molecule has 0 saturated carbocycles. The first-order valence-electron chi connectivity index (χ1n) is 11.1. The second-order valence-electron chi connectivity index (χ2n) is 9.02. The number of hydrogen-bond acceptors (Lipinski definition) is 4. The van der Waals surface area contributed by atoms with Crippen LogP contribution < -0.4 is 16.2 Å². The number of hydrogen-bond donors (Lipinski definition) is 1. The average molecular weight is 429 g/mol. The second kappa shape index (κ2) is 8.19. The highest BCUT2D eigenvalue weighted by atomic mass is 16.2. The third-order valence-corrected chi connectivity index (χ3v) is 6.70. The summed E-state index contributed by atoms with van der Waals surface area (Å²) >= 11 is 0. The van der Waals surface area contributed by atoms with E-state index in [2.05, 4.69) is 11.0 Å². The highest BCUT2D eigenvalue weighted by Gasteiger charge is 2.35. The lowest BCUT2D eigenvalue weighted by Crippen LogP contribution is -2.47. The third-order valence-electron chi connectivity index (χ3n) is 6.70. The van der Waals surface area contributed by atoms with Crippen molar-refractivity contribution in [3.63, 3.8) is 0 Å². The van der Waals surface area contributed by atoms with Crippen molar-refractivity contribution in [1.82, 2.24) is 9.47 Å². The van der Waals surface area contributed by atoms with Crippen LogP contribution in [0.15, 0.2) is 71.5 Å². The monoisotopic (exact) mass is 428 g/mol.